The molecule has 6 heteroatoms. The van der Waals surface area contributed by atoms with Crippen LogP contribution >= 0.6 is 11.8 Å². The van der Waals surface area contributed by atoms with Crippen LogP contribution in [-0.4, -0.2) is 22.7 Å². The summed E-state index contributed by atoms with van der Waals surface area (Å²) < 4.78 is 0. The molecule has 0 radical (unpaired) electrons. The second-order valence-corrected chi connectivity index (χ2v) is 8.21. The van der Waals surface area contributed by atoms with Crippen LogP contribution in [-0.2, 0) is 9.59 Å². The van der Waals surface area contributed by atoms with Crippen LogP contribution in [0.2, 0.25) is 0 Å². The van der Waals surface area contributed by atoms with Gasteiger partial charge in [-0.3, -0.25) is 20.4 Å². The van der Waals surface area contributed by atoms with E-state index in [1.54, 1.807) is 24.3 Å². The summed E-state index contributed by atoms with van der Waals surface area (Å²) in [5, 5.41) is 9.22. The van der Waals surface area contributed by atoms with Crippen molar-refractivity contribution in [3.05, 3.63) is 24.3 Å². The molecule has 158 valence electrons. The van der Waals surface area contributed by atoms with E-state index in [9.17, 15) is 14.7 Å². The first-order chi connectivity index (χ1) is 13.6. The minimum absolute atomic E-state index is 0.140. The molecule has 0 aliphatic heterocycles. The Morgan fingerprint density at radius 3 is 1.86 bits per heavy atom. The zero-order valence-electron chi connectivity index (χ0n) is 17.2. The van der Waals surface area contributed by atoms with Crippen molar-refractivity contribution in [2.45, 2.75) is 88.9 Å². The molecule has 0 bridgehead atoms. The third-order valence-electron chi connectivity index (χ3n) is 4.56. The summed E-state index contributed by atoms with van der Waals surface area (Å²) in [5.74, 6) is 0.0245. The average molecular weight is 409 g/mol. The lowest BCUT2D eigenvalue weighted by atomic mass is 10.1. The lowest BCUT2D eigenvalue weighted by molar-refractivity contribution is -0.127. The van der Waals surface area contributed by atoms with Crippen LogP contribution in [0.3, 0.4) is 0 Å². The number of phenolic OH excluding ortho intramolecular Hbond substituents is 1. The zero-order valence-corrected chi connectivity index (χ0v) is 18.0. The molecule has 0 aromatic heterocycles. The Kier molecular flexibility index (Phi) is 14.2. The van der Waals surface area contributed by atoms with Crippen LogP contribution in [0, 0.1) is 0 Å². The minimum atomic E-state index is -0.245. The summed E-state index contributed by atoms with van der Waals surface area (Å²) in [5.41, 5.74) is 4.92. The van der Waals surface area contributed by atoms with Gasteiger partial charge in [0.1, 0.15) is 5.75 Å². The first kappa shape index (κ1) is 24.3. The molecule has 2 amide bonds. The molecule has 0 unspecified atom stereocenters. The second kappa shape index (κ2) is 16.3. The Labute approximate surface area is 174 Å². The quantitative estimate of drug-likeness (QED) is 0.208. The van der Waals surface area contributed by atoms with Crippen molar-refractivity contribution in [3.63, 3.8) is 0 Å². The molecule has 28 heavy (non-hydrogen) atoms. The summed E-state index contributed by atoms with van der Waals surface area (Å²) in [6.45, 7) is 2.24. The molecule has 0 saturated heterocycles. The van der Waals surface area contributed by atoms with Crippen molar-refractivity contribution in [1.29, 1.82) is 0 Å². The van der Waals surface area contributed by atoms with Gasteiger partial charge in [-0.15, -0.1) is 11.8 Å². The van der Waals surface area contributed by atoms with Crippen LogP contribution in [0.4, 0.5) is 0 Å². The van der Waals surface area contributed by atoms with Crippen molar-refractivity contribution in [2.24, 2.45) is 0 Å². The molecule has 0 fully saturated rings. The number of carbonyl (C=O) groups excluding carboxylic acids is 2. The molecule has 5 nitrogen and oxygen atoms in total. The van der Waals surface area contributed by atoms with Gasteiger partial charge in [-0.25, -0.2) is 0 Å². The molecule has 1 aromatic rings. The highest BCUT2D eigenvalue weighted by atomic mass is 32.2. The van der Waals surface area contributed by atoms with Crippen LogP contribution in [0.15, 0.2) is 29.2 Å². The van der Waals surface area contributed by atoms with E-state index in [-0.39, 0.29) is 23.3 Å². The fourth-order valence-electron chi connectivity index (χ4n) is 2.88. The van der Waals surface area contributed by atoms with Gasteiger partial charge in [0.2, 0.25) is 11.8 Å². The highest BCUT2D eigenvalue weighted by Gasteiger charge is 2.05. The van der Waals surface area contributed by atoms with E-state index in [0.29, 0.717) is 6.42 Å². The lowest BCUT2D eigenvalue weighted by Gasteiger charge is -2.07. The molecule has 1 aromatic carbocycles. The maximum Gasteiger partial charge on any atom is 0.248 e. The standard InChI is InChI=1S/C22H36N2O3S/c1-2-3-4-5-6-7-8-9-10-11-12-13-21(26)23-24-22(27)18-28-20-16-14-19(25)15-17-20/h14-17,25H,2-13,18H2,1H3,(H,23,26)(H,24,27). The van der Waals surface area contributed by atoms with Gasteiger partial charge in [0, 0.05) is 11.3 Å². The monoisotopic (exact) mass is 408 g/mol. The highest BCUT2D eigenvalue weighted by molar-refractivity contribution is 8.00. The summed E-state index contributed by atoms with van der Waals surface area (Å²) in [6, 6.07) is 6.65. The van der Waals surface area contributed by atoms with Gasteiger partial charge in [0.15, 0.2) is 0 Å². The first-order valence-electron chi connectivity index (χ1n) is 10.6. The van der Waals surface area contributed by atoms with Gasteiger partial charge >= 0.3 is 0 Å². The first-order valence-corrected chi connectivity index (χ1v) is 11.6. The van der Waals surface area contributed by atoms with E-state index in [0.717, 1.165) is 17.7 Å². The van der Waals surface area contributed by atoms with Gasteiger partial charge in [0.25, 0.3) is 0 Å². The Morgan fingerprint density at radius 1 is 0.786 bits per heavy atom. The summed E-state index contributed by atoms with van der Waals surface area (Å²) in [6.07, 6.45) is 14.2. The normalized spacial score (nSPS) is 10.6. The number of amides is 2. The van der Waals surface area contributed by atoms with E-state index in [2.05, 4.69) is 17.8 Å². The van der Waals surface area contributed by atoms with E-state index in [1.807, 2.05) is 0 Å². The molecule has 1 rings (SSSR count). The van der Waals surface area contributed by atoms with Crippen molar-refractivity contribution >= 4 is 23.6 Å². The van der Waals surface area contributed by atoms with Gasteiger partial charge in [-0.2, -0.15) is 0 Å². The molecule has 0 heterocycles. The van der Waals surface area contributed by atoms with Crippen molar-refractivity contribution in [1.82, 2.24) is 10.9 Å². The minimum Gasteiger partial charge on any atom is -0.508 e. The smallest absolute Gasteiger partial charge is 0.248 e. The molecule has 0 aliphatic carbocycles. The van der Waals surface area contributed by atoms with E-state index >= 15 is 0 Å². The number of rotatable bonds is 15. The molecular weight excluding hydrogens is 372 g/mol. The number of benzene rings is 1. The van der Waals surface area contributed by atoms with Crippen molar-refractivity contribution < 1.29 is 14.7 Å². The average Bonchev–Trinajstić information content (AvgIpc) is 2.70. The van der Waals surface area contributed by atoms with Gasteiger partial charge < -0.3 is 5.11 Å². The van der Waals surface area contributed by atoms with Crippen LogP contribution in [0.5, 0.6) is 5.75 Å². The Morgan fingerprint density at radius 2 is 1.29 bits per heavy atom. The van der Waals surface area contributed by atoms with Crippen molar-refractivity contribution in [3.8, 4) is 5.75 Å². The summed E-state index contributed by atoms with van der Waals surface area (Å²) in [4.78, 5) is 24.4. The van der Waals surface area contributed by atoms with Gasteiger partial charge in [-0.05, 0) is 30.7 Å². The van der Waals surface area contributed by atoms with E-state index < -0.39 is 0 Å². The number of hydrogen-bond donors (Lipinski definition) is 3. The summed E-state index contributed by atoms with van der Waals surface area (Å²) >= 11 is 1.35. The Bertz CT molecular complexity index is 549. The number of nitrogens with one attached hydrogen (secondary N) is 2. The molecule has 0 aliphatic rings. The molecule has 3 N–H and O–H groups in total. The predicted molar refractivity (Wildman–Crippen MR) is 116 cm³/mol. The summed E-state index contributed by atoms with van der Waals surface area (Å²) in [7, 11) is 0. The SMILES string of the molecule is CCCCCCCCCCCCCC(=O)NNC(=O)CSc1ccc(O)cc1. The number of hydrazine groups is 1. The number of hydrogen-bond acceptors (Lipinski definition) is 4. The van der Waals surface area contributed by atoms with Gasteiger partial charge in [0.05, 0.1) is 5.75 Å². The fourth-order valence-corrected chi connectivity index (χ4v) is 3.58. The maximum absolute atomic E-state index is 11.8. The third kappa shape index (κ3) is 13.5. The van der Waals surface area contributed by atoms with Crippen LogP contribution in [0.1, 0.15) is 84.0 Å². The van der Waals surface area contributed by atoms with E-state index in [1.165, 1.54) is 69.5 Å². The number of thioether (sulfide) groups is 1. The number of aromatic hydroxyl groups is 1. The molecule has 0 spiro atoms. The Hall–Kier alpha value is -1.69. The topological polar surface area (TPSA) is 78.4 Å². The highest BCUT2D eigenvalue weighted by Crippen LogP contribution is 2.20. The second-order valence-electron chi connectivity index (χ2n) is 7.16. The van der Waals surface area contributed by atoms with Crippen LogP contribution in [0.25, 0.3) is 0 Å². The third-order valence-corrected chi connectivity index (χ3v) is 5.57. The fraction of sp³-hybridized carbons (Fsp3) is 0.636. The number of phenols is 1. The maximum atomic E-state index is 11.8. The van der Waals surface area contributed by atoms with Gasteiger partial charge in [-0.1, -0.05) is 71.1 Å². The lowest BCUT2D eigenvalue weighted by Crippen LogP contribution is -2.42. The molecular formula is C22H36N2O3S. The predicted octanol–water partition coefficient (Wildman–Crippen LogP) is 5.33. The van der Waals surface area contributed by atoms with Crippen molar-refractivity contribution in [2.75, 3.05) is 5.75 Å². The molecule has 0 saturated carbocycles. The largest absolute Gasteiger partial charge is 0.508 e. The van der Waals surface area contributed by atoms with E-state index in [4.69, 9.17) is 0 Å². The van der Waals surface area contributed by atoms with Crippen LogP contribution < -0.4 is 10.9 Å². The number of unbranched alkanes of at least 4 members (excludes halogenated alkanes) is 10. The Balaban J connectivity index is 1.92. The molecule has 0 atom stereocenters. The zero-order chi connectivity index (χ0) is 20.5. The number of carbonyl (C=O) groups is 2.